The van der Waals surface area contributed by atoms with Gasteiger partial charge in [0.25, 0.3) is 0 Å². The Morgan fingerprint density at radius 2 is 1.96 bits per heavy atom. The van der Waals surface area contributed by atoms with Crippen molar-refractivity contribution in [3.63, 3.8) is 0 Å². The molecule has 3 atom stereocenters. The van der Waals surface area contributed by atoms with Crippen LogP contribution in [-0.2, 0) is 10.0 Å². The molecule has 0 unspecified atom stereocenters. The molecular weight excluding hydrogens is 377 g/mol. The number of sulfonamides is 1. The summed E-state index contributed by atoms with van der Waals surface area (Å²) in [4.78, 5) is 6.36. The van der Waals surface area contributed by atoms with E-state index in [1.54, 1.807) is 34.8 Å². The maximum atomic E-state index is 13.6. The largest absolute Gasteiger partial charge is 0.299 e. The number of pyridine rings is 1. The summed E-state index contributed by atoms with van der Waals surface area (Å²) < 4.78 is 40.9. The van der Waals surface area contributed by atoms with Crippen LogP contribution in [0.15, 0.2) is 53.7 Å². The van der Waals surface area contributed by atoms with Crippen molar-refractivity contribution >= 4 is 22.4 Å². The van der Waals surface area contributed by atoms with E-state index in [9.17, 15) is 12.8 Å². The van der Waals surface area contributed by atoms with Gasteiger partial charge in [-0.05, 0) is 48.7 Å². The van der Waals surface area contributed by atoms with Gasteiger partial charge in [-0.25, -0.2) is 12.8 Å². The van der Waals surface area contributed by atoms with Crippen LogP contribution < -0.4 is 0 Å². The first kappa shape index (κ1) is 19.2. The Balaban J connectivity index is 0.00000196. The molecule has 4 rings (SSSR count). The van der Waals surface area contributed by atoms with Crippen molar-refractivity contribution in [2.75, 3.05) is 26.7 Å². The van der Waals surface area contributed by atoms with Gasteiger partial charge in [-0.3, -0.25) is 9.88 Å². The number of nitrogens with zero attached hydrogens (tertiary/aromatic N) is 3. The Kier molecular flexibility index (Phi) is 5.35. The lowest BCUT2D eigenvalue weighted by atomic mass is 9.89. The molecule has 0 spiro atoms. The maximum Gasteiger partial charge on any atom is 0.244 e. The number of rotatable bonds is 3. The molecule has 3 heterocycles. The molecule has 1 aromatic carbocycles. The van der Waals surface area contributed by atoms with Crippen LogP contribution in [0.1, 0.15) is 11.6 Å². The Labute approximate surface area is 159 Å². The van der Waals surface area contributed by atoms with Crippen LogP contribution in [-0.4, -0.2) is 49.3 Å². The summed E-state index contributed by atoms with van der Waals surface area (Å²) in [6.07, 6.45) is 2.95. The third-order valence-corrected chi connectivity index (χ3v) is 7.14. The number of benzene rings is 1. The van der Waals surface area contributed by atoms with Crippen LogP contribution in [0.4, 0.5) is 4.39 Å². The third kappa shape index (κ3) is 3.24. The fourth-order valence-electron chi connectivity index (χ4n) is 4.25. The molecule has 0 N–H and O–H groups in total. The topological polar surface area (TPSA) is 53.5 Å². The number of hydrogen-bond acceptors (Lipinski definition) is 4. The lowest BCUT2D eigenvalue weighted by Crippen LogP contribution is -2.33. The lowest BCUT2D eigenvalue weighted by molar-refractivity contribution is 0.260. The highest BCUT2D eigenvalue weighted by Crippen LogP contribution is 2.45. The first-order chi connectivity index (χ1) is 12.0. The fraction of sp³-hybridized carbons (Fsp3) is 0.389. The van der Waals surface area contributed by atoms with Crippen LogP contribution >= 0.6 is 12.4 Å². The second-order valence-corrected chi connectivity index (χ2v) is 8.81. The summed E-state index contributed by atoms with van der Waals surface area (Å²) in [6.45, 7) is 1.76. The monoisotopic (exact) mass is 397 g/mol. The summed E-state index contributed by atoms with van der Waals surface area (Å²) in [5, 5.41) is 0. The van der Waals surface area contributed by atoms with Gasteiger partial charge in [0.15, 0.2) is 0 Å². The van der Waals surface area contributed by atoms with Crippen molar-refractivity contribution in [1.29, 1.82) is 0 Å². The number of hydrogen-bond donors (Lipinski definition) is 0. The normalized spacial score (nSPS) is 26.5. The molecule has 2 aliphatic heterocycles. The van der Waals surface area contributed by atoms with E-state index in [-0.39, 0.29) is 41.0 Å². The predicted molar refractivity (Wildman–Crippen MR) is 99.0 cm³/mol. The molecule has 26 heavy (non-hydrogen) atoms. The first-order valence-corrected chi connectivity index (χ1v) is 9.77. The van der Waals surface area contributed by atoms with Crippen LogP contribution in [0.25, 0.3) is 0 Å². The fourth-order valence-corrected chi connectivity index (χ4v) is 5.75. The summed E-state index contributed by atoms with van der Waals surface area (Å²) >= 11 is 0. The van der Waals surface area contributed by atoms with Gasteiger partial charge in [0, 0.05) is 38.1 Å². The molecule has 2 aromatic rings. The van der Waals surface area contributed by atoms with Gasteiger partial charge in [0.05, 0.1) is 0 Å². The van der Waals surface area contributed by atoms with Crippen molar-refractivity contribution in [2.45, 2.75) is 10.9 Å². The van der Waals surface area contributed by atoms with E-state index >= 15 is 0 Å². The van der Waals surface area contributed by atoms with Crippen molar-refractivity contribution < 1.29 is 12.8 Å². The molecular formula is C18H21ClFN3O2S. The quantitative estimate of drug-likeness (QED) is 0.798. The highest BCUT2D eigenvalue weighted by atomic mass is 35.5. The second kappa shape index (κ2) is 7.23. The van der Waals surface area contributed by atoms with Crippen LogP contribution in [0.2, 0.25) is 0 Å². The van der Waals surface area contributed by atoms with E-state index in [2.05, 4.69) is 9.88 Å². The van der Waals surface area contributed by atoms with E-state index in [4.69, 9.17) is 0 Å². The first-order valence-electron chi connectivity index (χ1n) is 8.32. The minimum Gasteiger partial charge on any atom is -0.299 e. The third-order valence-electron chi connectivity index (χ3n) is 5.32. The zero-order valence-electron chi connectivity index (χ0n) is 14.3. The van der Waals surface area contributed by atoms with Gasteiger partial charge >= 0.3 is 0 Å². The van der Waals surface area contributed by atoms with Gasteiger partial charge in [-0.2, -0.15) is 4.31 Å². The molecule has 5 nitrogen and oxygen atoms in total. The summed E-state index contributed by atoms with van der Waals surface area (Å²) in [7, 11) is -1.51. The van der Waals surface area contributed by atoms with E-state index in [1.807, 2.05) is 13.1 Å². The molecule has 2 saturated heterocycles. The molecule has 1 aromatic heterocycles. The highest BCUT2D eigenvalue weighted by molar-refractivity contribution is 7.89. The molecule has 0 radical (unpaired) electrons. The Hall–Kier alpha value is -1.54. The van der Waals surface area contributed by atoms with Crippen LogP contribution in [0.5, 0.6) is 0 Å². The SMILES string of the molecule is CN1C[C@H]2CN(S(=O)(=O)c3cccnc3)C[C@H]2[C@@H]1c1cccc(F)c1.Cl. The lowest BCUT2D eigenvalue weighted by Gasteiger charge is -2.26. The van der Waals surface area contributed by atoms with E-state index in [1.165, 1.54) is 12.3 Å². The van der Waals surface area contributed by atoms with Gasteiger partial charge in [-0.15, -0.1) is 12.4 Å². The molecule has 0 amide bonds. The predicted octanol–water partition coefficient (Wildman–Crippen LogP) is 2.57. The second-order valence-electron chi connectivity index (χ2n) is 6.87. The molecule has 8 heteroatoms. The standard InChI is InChI=1S/C18H20FN3O2S.ClH/c1-21-10-14-11-22(25(23,24)16-6-3-7-20-9-16)12-17(14)18(21)13-4-2-5-15(19)8-13;/h2-9,14,17-18H,10-12H2,1H3;1H/t14-,17+,18-;/m0./s1. The van der Waals surface area contributed by atoms with Crippen molar-refractivity contribution in [1.82, 2.24) is 14.2 Å². The number of halogens is 2. The average molecular weight is 398 g/mol. The van der Waals surface area contributed by atoms with E-state index < -0.39 is 10.0 Å². The zero-order valence-corrected chi connectivity index (χ0v) is 16.0. The van der Waals surface area contributed by atoms with Crippen molar-refractivity contribution in [2.24, 2.45) is 11.8 Å². The van der Waals surface area contributed by atoms with Crippen LogP contribution in [0, 0.1) is 17.7 Å². The van der Waals surface area contributed by atoms with Crippen LogP contribution in [0.3, 0.4) is 0 Å². The molecule has 2 aliphatic rings. The Morgan fingerprint density at radius 1 is 1.15 bits per heavy atom. The molecule has 0 aliphatic carbocycles. The molecule has 0 saturated carbocycles. The van der Waals surface area contributed by atoms with E-state index in [0.717, 1.165) is 12.1 Å². The summed E-state index contributed by atoms with van der Waals surface area (Å²) in [6, 6.07) is 9.87. The molecule has 0 bridgehead atoms. The molecule has 140 valence electrons. The minimum absolute atomic E-state index is 0. The minimum atomic E-state index is -3.53. The summed E-state index contributed by atoms with van der Waals surface area (Å²) in [5.74, 6) is 0.162. The average Bonchev–Trinajstić information content (AvgIpc) is 3.12. The zero-order chi connectivity index (χ0) is 17.6. The van der Waals surface area contributed by atoms with Crippen molar-refractivity contribution in [3.05, 3.63) is 60.2 Å². The summed E-state index contributed by atoms with van der Waals surface area (Å²) in [5.41, 5.74) is 0.913. The smallest absolute Gasteiger partial charge is 0.244 e. The van der Waals surface area contributed by atoms with Gasteiger partial charge in [-0.1, -0.05) is 12.1 Å². The van der Waals surface area contributed by atoms with Gasteiger partial charge < -0.3 is 0 Å². The number of aromatic nitrogens is 1. The van der Waals surface area contributed by atoms with E-state index in [0.29, 0.717) is 13.1 Å². The van der Waals surface area contributed by atoms with Crippen molar-refractivity contribution in [3.8, 4) is 0 Å². The molecule has 2 fully saturated rings. The highest BCUT2D eigenvalue weighted by Gasteiger charge is 2.49. The van der Waals surface area contributed by atoms with Gasteiger partial charge in [0.2, 0.25) is 10.0 Å². The Morgan fingerprint density at radius 3 is 2.65 bits per heavy atom. The Bertz CT molecular complexity index is 881. The maximum absolute atomic E-state index is 13.6. The number of likely N-dealkylation sites (tertiary alicyclic amines) is 1. The van der Waals surface area contributed by atoms with Gasteiger partial charge in [0.1, 0.15) is 10.7 Å². The number of fused-ring (bicyclic) bond motifs is 1.